The minimum Gasteiger partial charge on any atom is -0.346 e. The molecule has 24 heavy (non-hydrogen) atoms. The molecular formula is C17H22N4O3. The van der Waals surface area contributed by atoms with E-state index in [0.717, 1.165) is 25.7 Å². The highest BCUT2D eigenvalue weighted by Crippen LogP contribution is 2.30. The third kappa shape index (κ3) is 3.11. The van der Waals surface area contributed by atoms with Crippen molar-refractivity contribution in [1.82, 2.24) is 19.6 Å². The zero-order valence-corrected chi connectivity index (χ0v) is 14.3. The number of likely N-dealkylation sites (tertiary alicyclic amines) is 1. The van der Waals surface area contributed by atoms with Crippen LogP contribution in [-0.4, -0.2) is 37.8 Å². The second-order valence-corrected chi connectivity index (χ2v) is 6.32. The number of Topliss-reactive ketones (excluding diaryl/α,β-unsaturated/α-hetero) is 1. The smallest absolute Gasteiger partial charge is 0.271 e. The van der Waals surface area contributed by atoms with Gasteiger partial charge >= 0.3 is 0 Å². The summed E-state index contributed by atoms with van der Waals surface area (Å²) in [6.07, 6.45) is 5.55. The van der Waals surface area contributed by atoms with E-state index < -0.39 is 0 Å². The van der Waals surface area contributed by atoms with Gasteiger partial charge in [0.05, 0.1) is 6.04 Å². The van der Waals surface area contributed by atoms with Gasteiger partial charge in [-0.15, -0.1) is 0 Å². The first-order valence-corrected chi connectivity index (χ1v) is 8.26. The first-order chi connectivity index (χ1) is 11.5. The Morgan fingerprint density at radius 1 is 1.29 bits per heavy atom. The van der Waals surface area contributed by atoms with Crippen LogP contribution in [0.15, 0.2) is 16.8 Å². The zero-order chi connectivity index (χ0) is 17.3. The molecule has 128 valence electrons. The summed E-state index contributed by atoms with van der Waals surface area (Å²) >= 11 is 0. The number of amides is 1. The van der Waals surface area contributed by atoms with Crippen molar-refractivity contribution in [1.29, 1.82) is 0 Å². The Kier molecular flexibility index (Phi) is 4.51. The quantitative estimate of drug-likeness (QED) is 0.808. The highest BCUT2D eigenvalue weighted by atomic mass is 16.5. The van der Waals surface area contributed by atoms with Crippen molar-refractivity contribution < 1.29 is 14.1 Å². The van der Waals surface area contributed by atoms with Crippen LogP contribution in [0.3, 0.4) is 0 Å². The number of ketones is 1. The molecule has 0 N–H and O–H groups in total. The molecule has 1 atom stereocenters. The Morgan fingerprint density at radius 2 is 2.08 bits per heavy atom. The third-order valence-electron chi connectivity index (χ3n) is 4.49. The van der Waals surface area contributed by atoms with Crippen LogP contribution >= 0.6 is 0 Å². The molecule has 2 aromatic rings. The fraction of sp³-hybridized carbons (Fsp3) is 0.529. The lowest BCUT2D eigenvalue weighted by Gasteiger charge is -2.27. The summed E-state index contributed by atoms with van der Waals surface area (Å²) in [6, 6.07) is 1.47. The molecule has 7 nitrogen and oxygen atoms in total. The summed E-state index contributed by atoms with van der Waals surface area (Å²) < 4.78 is 6.81. The summed E-state index contributed by atoms with van der Waals surface area (Å²) in [4.78, 5) is 30.8. The minimum atomic E-state index is -0.187. The molecule has 1 fully saturated rings. The maximum absolute atomic E-state index is 13.1. The van der Waals surface area contributed by atoms with Crippen molar-refractivity contribution in [3.05, 3.63) is 35.2 Å². The number of carbonyl (C=O) groups excluding carboxylic acids is 2. The van der Waals surface area contributed by atoms with E-state index in [2.05, 4.69) is 10.1 Å². The predicted molar refractivity (Wildman–Crippen MR) is 86.7 cm³/mol. The van der Waals surface area contributed by atoms with Crippen molar-refractivity contribution in [3.63, 3.8) is 0 Å². The first kappa shape index (κ1) is 16.4. The molecule has 7 heteroatoms. The van der Waals surface area contributed by atoms with E-state index in [1.807, 2.05) is 4.90 Å². The number of hydrogen-bond donors (Lipinski definition) is 0. The molecule has 3 heterocycles. The normalized spacial score (nSPS) is 18.5. The highest BCUT2D eigenvalue weighted by Gasteiger charge is 2.32. The maximum Gasteiger partial charge on any atom is 0.271 e. The van der Waals surface area contributed by atoms with Gasteiger partial charge in [0, 0.05) is 32.3 Å². The van der Waals surface area contributed by atoms with Gasteiger partial charge in [-0.05, 0) is 25.8 Å². The fourth-order valence-electron chi connectivity index (χ4n) is 3.19. The van der Waals surface area contributed by atoms with Gasteiger partial charge in [-0.25, -0.2) is 0 Å². The van der Waals surface area contributed by atoms with E-state index in [1.165, 1.54) is 6.92 Å². The second-order valence-electron chi connectivity index (χ2n) is 6.32. The molecule has 1 aliphatic heterocycles. The van der Waals surface area contributed by atoms with Crippen LogP contribution in [0.5, 0.6) is 0 Å². The van der Waals surface area contributed by atoms with Gasteiger partial charge in [0.1, 0.15) is 5.69 Å². The molecule has 0 aliphatic carbocycles. The van der Waals surface area contributed by atoms with Gasteiger partial charge in [-0.1, -0.05) is 18.0 Å². The molecule has 2 aromatic heterocycles. The van der Waals surface area contributed by atoms with Crippen LogP contribution in [0.25, 0.3) is 0 Å². The van der Waals surface area contributed by atoms with Crippen molar-refractivity contribution in [3.8, 4) is 0 Å². The topological polar surface area (TPSA) is 81.2 Å². The van der Waals surface area contributed by atoms with Crippen LogP contribution < -0.4 is 0 Å². The second kappa shape index (κ2) is 6.59. The summed E-state index contributed by atoms with van der Waals surface area (Å²) in [5.74, 6) is 0.911. The van der Waals surface area contributed by atoms with Gasteiger partial charge in [-0.2, -0.15) is 4.98 Å². The lowest BCUT2D eigenvalue weighted by molar-refractivity contribution is 0.0660. The number of carbonyl (C=O) groups is 2. The minimum absolute atomic E-state index is 0.0501. The monoisotopic (exact) mass is 330 g/mol. The van der Waals surface area contributed by atoms with E-state index in [-0.39, 0.29) is 17.7 Å². The Bertz CT molecular complexity index is 762. The third-order valence-corrected chi connectivity index (χ3v) is 4.49. The SMILES string of the molecule is CC(=O)c1cc(C(=O)N2CCCCC[C@@H]2c2noc(C)n2)n(C)c1. The van der Waals surface area contributed by atoms with Crippen LogP contribution in [0.2, 0.25) is 0 Å². The van der Waals surface area contributed by atoms with Gasteiger partial charge in [0.25, 0.3) is 5.91 Å². The Labute approximate surface area is 140 Å². The van der Waals surface area contributed by atoms with Crippen LogP contribution in [0, 0.1) is 6.92 Å². The van der Waals surface area contributed by atoms with E-state index >= 15 is 0 Å². The summed E-state index contributed by atoms with van der Waals surface area (Å²) in [6.45, 7) is 3.90. The largest absolute Gasteiger partial charge is 0.346 e. The standard InChI is InChI=1S/C17H22N4O3/c1-11(22)13-9-15(20(3)10-13)17(23)21-8-6-4-5-7-14(21)16-18-12(2)24-19-16/h9-10,14H,4-8H2,1-3H3/t14-/m1/s1. The zero-order valence-electron chi connectivity index (χ0n) is 14.3. The van der Waals surface area contributed by atoms with E-state index in [0.29, 0.717) is 29.5 Å². The molecule has 0 bridgehead atoms. The lowest BCUT2D eigenvalue weighted by Crippen LogP contribution is -2.36. The maximum atomic E-state index is 13.1. The average Bonchev–Trinajstić information content (AvgIpc) is 3.05. The van der Waals surface area contributed by atoms with Gasteiger partial charge in [0.15, 0.2) is 11.6 Å². The number of nitrogens with zero attached hydrogens (tertiary/aromatic N) is 4. The molecule has 1 amide bonds. The van der Waals surface area contributed by atoms with Crippen molar-refractivity contribution in [2.75, 3.05) is 6.54 Å². The van der Waals surface area contributed by atoms with Crippen LogP contribution in [-0.2, 0) is 7.05 Å². The average molecular weight is 330 g/mol. The molecule has 0 spiro atoms. The number of aryl methyl sites for hydroxylation is 2. The summed E-state index contributed by atoms with van der Waals surface area (Å²) in [7, 11) is 1.78. The molecule has 0 aromatic carbocycles. The highest BCUT2D eigenvalue weighted by molar-refractivity contribution is 5.99. The van der Waals surface area contributed by atoms with E-state index in [9.17, 15) is 9.59 Å². The van der Waals surface area contributed by atoms with Crippen LogP contribution in [0.4, 0.5) is 0 Å². The predicted octanol–water partition coefficient (Wildman–Crippen LogP) is 2.68. The van der Waals surface area contributed by atoms with Crippen molar-refractivity contribution in [2.24, 2.45) is 7.05 Å². The van der Waals surface area contributed by atoms with Crippen molar-refractivity contribution >= 4 is 11.7 Å². The Balaban J connectivity index is 1.94. The molecule has 0 saturated carbocycles. The Morgan fingerprint density at radius 3 is 2.71 bits per heavy atom. The molecule has 0 unspecified atom stereocenters. The number of rotatable bonds is 3. The molecule has 0 radical (unpaired) electrons. The van der Waals surface area contributed by atoms with Gasteiger partial charge in [-0.3, -0.25) is 9.59 Å². The number of hydrogen-bond acceptors (Lipinski definition) is 5. The summed E-state index contributed by atoms with van der Waals surface area (Å²) in [5.41, 5.74) is 1.05. The van der Waals surface area contributed by atoms with Crippen molar-refractivity contribution in [2.45, 2.75) is 45.6 Å². The molecule has 1 aliphatic rings. The molecule has 1 saturated heterocycles. The summed E-state index contributed by atoms with van der Waals surface area (Å²) in [5, 5.41) is 4.02. The van der Waals surface area contributed by atoms with E-state index in [4.69, 9.17) is 4.52 Å². The number of aromatic nitrogens is 3. The fourth-order valence-corrected chi connectivity index (χ4v) is 3.19. The Hall–Kier alpha value is -2.44. The van der Waals surface area contributed by atoms with E-state index in [1.54, 1.807) is 30.8 Å². The van der Waals surface area contributed by atoms with Gasteiger partial charge in [0.2, 0.25) is 5.89 Å². The molecular weight excluding hydrogens is 308 g/mol. The van der Waals surface area contributed by atoms with Gasteiger partial charge < -0.3 is 14.0 Å². The van der Waals surface area contributed by atoms with Crippen LogP contribution in [0.1, 0.15) is 71.2 Å². The lowest BCUT2D eigenvalue weighted by atomic mass is 10.1. The molecule has 3 rings (SSSR count). The first-order valence-electron chi connectivity index (χ1n) is 8.26.